The summed E-state index contributed by atoms with van der Waals surface area (Å²) in [5.74, 6) is 4.08. The predicted octanol–water partition coefficient (Wildman–Crippen LogP) is 4.76. The van der Waals surface area contributed by atoms with Gasteiger partial charge in [-0.05, 0) is 80.5 Å². The highest BCUT2D eigenvalue weighted by Gasteiger charge is 2.51. The molecule has 4 saturated carbocycles. The summed E-state index contributed by atoms with van der Waals surface area (Å²) in [5.41, 5.74) is 0. The van der Waals surface area contributed by atoms with Crippen molar-refractivity contribution in [3.8, 4) is 5.75 Å². The van der Waals surface area contributed by atoms with Gasteiger partial charge in [-0.2, -0.15) is 0 Å². The molecule has 5 rings (SSSR count). The van der Waals surface area contributed by atoms with Crippen molar-refractivity contribution in [2.24, 2.45) is 17.8 Å². The van der Waals surface area contributed by atoms with Crippen LogP contribution in [-0.4, -0.2) is 11.9 Å². The van der Waals surface area contributed by atoms with Gasteiger partial charge in [-0.3, -0.25) is 0 Å². The Labute approximate surface area is 120 Å². The molecule has 0 unspecified atom stereocenters. The number of hydrogen-bond acceptors (Lipinski definition) is 2. The number of benzene rings is 1. The van der Waals surface area contributed by atoms with Crippen molar-refractivity contribution in [1.82, 2.24) is 0 Å². The van der Waals surface area contributed by atoms with Crippen molar-refractivity contribution in [3.05, 3.63) is 24.3 Å². The monoisotopic (exact) mass is 274 g/mol. The molecule has 1 aromatic rings. The van der Waals surface area contributed by atoms with Gasteiger partial charge < -0.3 is 4.74 Å². The maximum atomic E-state index is 5.25. The lowest BCUT2D eigenvalue weighted by atomic mass is 9.56. The van der Waals surface area contributed by atoms with Gasteiger partial charge in [0, 0.05) is 9.64 Å². The first-order valence-electron chi connectivity index (χ1n) is 7.58. The molecular weight excluding hydrogens is 252 g/mol. The molecule has 1 aromatic carbocycles. The van der Waals surface area contributed by atoms with E-state index < -0.39 is 0 Å². The summed E-state index contributed by atoms with van der Waals surface area (Å²) in [6.07, 6.45) is 8.99. The fourth-order valence-corrected chi connectivity index (χ4v) is 6.78. The lowest BCUT2D eigenvalue weighted by molar-refractivity contribution is 0.0383. The molecule has 0 saturated heterocycles. The fourth-order valence-electron chi connectivity index (χ4n) is 5.05. The number of hydrogen-bond donors (Lipinski definition) is 0. The molecule has 1 nitrogen and oxygen atoms in total. The van der Waals surface area contributed by atoms with Gasteiger partial charge in [0.15, 0.2) is 0 Å². The molecule has 0 amide bonds. The van der Waals surface area contributed by atoms with E-state index in [2.05, 4.69) is 36.0 Å². The molecule has 4 bridgehead atoms. The molecule has 4 aliphatic carbocycles. The second-order valence-corrected chi connectivity index (χ2v) is 8.42. The third kappa shape index (κ3) is 2.18. The smallest absolute Gasteiger partial charge is 0.118 e. The lowest BCUT2D eigenvalue weighted by Crippen LogP contribution is -2.48. The van der Waals surface area contributed by atoms with Crippen molar-refractivity contribution in [1.29, 1.82) is 0 Å². The second-order valence-electron chi connectivity index (χ2n) is 6.88. The third-order valence-corrected chi connectivity index (χ3v) is 6.82. The highest BCUT2D eigenvalue weighted by atomic mass is 32.2. The minimum Gasteiger partial charge on any atom is -0.497 e. The van der Waals surface area contributed by atoms with Crippen LogP contribution in [0.2, 0.25) is 0 Å². The number of ether oxygens (including phenoxy) is 1. The van der Waals surface area contributed by atoms with Crippen LogP contribution in [0.25, 0.3) is 0 Å². The maximum absolute atomic E-state index is 5.25. The van der Waals surface area contributed by atoms with Gasteiger partial charge in [0.1, 0.15) is 5.75 Å². The summed E-state index contributed by atoms with van der Waals surface area (Å²) in [5, 5.41) is 0. The van der Waals surface area contributed by atoms with Crippen LogP contribution in [-0.2, 0) is 0 Å². The van der Waals surface area contributed by atoms with E-state index in [-0.39, 0.29) is 0 Å². The van der Waals surface area contributed by atoms with Crippen molar-refractivity contribution < 1.29 is 4.74 Å². The van der Waals surface area contributed by atoms with Crippen LogP contribution in [0.5, 0.6) is 5.75 Å². The zero-order chi connectivity index (χ0) is 12.9. The van der Waals surface area contributed by atoms with Crippen molar-refractivity contribution >= 4 is 11.8 Å². The van der Waals surface area contributed by atoms with Gasteiger partial charge in [-0.1, -0.05) is 0 Å². The number of rotatable bonds is 3. The Balaban J connectivity index is 1.55. The zero-order valence-corrected chi connectivity index (χ0v) is 12.4. The molecule has 0 aromatic heterocycles. The molecule has 0 heterocycles. The summed E-state index contributed by atoms with van der Waals surface area (Å²) in [6, 6.07) is 8.68. The van der Waals surface area contributed by atoms with Crippen LogP contribution in [0, 0.1) is 17.8 Å². The van der Waals surface area contributed by atoms with Crippen LogP contribution in [0.3, 0.4) is 0 Å². The van der Waals surface area contributed by atoms with Crippen molar-refractivity contribution in [2.75, 3.05) is 7.11 Å². The van der Waals surface area contributed by atoms with E-state index in [9.17, 15) is 0 Å². The molecule has 0 radical (unpaired) electrons. The van der Waals surface area contributed by atoms with Gasteiger partial charge >= 0.3 is 0 Å². The second kappa shape index (κ2) is 4.44. The summed E-state index contributed by atoms with van der Waals surface area (Å²) >= 11 is 2.16. The average molecular weight is 274 g/mol. The minimum atomic E-state index is 0.573. The van der Waals surface area contributed by atoms with Gasteiger partial charge in [0.2, 0.25) is 0 Å². The van der Waals surface area contributed by atoms with Crippen molar-refractivity contribution in [3.63, 3.8) is 0 Å². The van der Waals surface area contributed by atoms with E-state index in [1.807, 2.05) is 0 Å². The molecule has 0 spiro atoms. The summed E-state index contributed by atoms with van der Waals surface area (Å²) < 4.78 is 5.83. The standard InChI is InChI=1S/C17H22OS/c1-18-15-2-4-16(5-3-15)19-17-9-12-6-13(10-17)8-14(7-12)11-17/h2-5,12-14H,6-11H2,1H3. The van der Waals surface area contributed by atoms with Gasteiger partial charge in [-0.15, -0.1) is 11.8 Å². The van der Waals surface area contributed by atoms with E-state index in [4.69, 9.17) is 4.74 Å². The minimum absolute atomic E-state index is 0.573. The predicted molar refractivity (Wildman–Crippen MR) is 79.8 cm³/mol. The molecule has 4 fully saturated rings. The molecule has 102 valence electrons. The number of methoxy groups -OCH3 is 1. The maximum Gasteiger partial charge on any atom is 0.118 e. The third-order valence-electron chi connectivity index (χ3n) is 5.38. The topological polar surface area (TPSA) is 9.23 Å². The normalized spacial score (nSPS) is 39.5. The average Bonchev–Trinajstić information content (AvgIpc) is 2.37. The van der Waals surface area contributed by atoms with Crippen LogP contribution in [0.4, 0.5) is 0 Å². The van der Waals surface area contributed by atoms with Crippen LogP contribution in [0.15, 0.2) is 29.2 Å². The van der Waals surface area contributed by atoms with E-state index in [0.717, 1.165) is 23.5 Å². The summed E-state index contributed by atoms with van der Waals surface area (Å²) in [4.78, 5) is 1.43. The van der Waals surface area contributed by atoms with Gasteiger partial charge in [0.05, 0.1) is 7.11 Å². The lowest BCUT2D eigenvalue weighted by Gasteiger charge is -2.56. The first kappa shape index (κ1) is 12.1. The largest absolute Gasteiger partial charge is 0.497 e. The zero-order valence-electron chi connectivity index (χ0n) is 11.6. The first-order valence-corrected chi connectivity index (χ1v) is 8.39. The molecular formula is C17H22OS. The van der Waals surface area contributed by atoms with Crippen LogP contribution < -0.4 is 4.74 Å². The molecule has 0 atom stereocenters. The Kier molecular flexibility index (Phi) is 2.84. The Morgan fingerprint density at radius 2 is 1.47 bits per heavy atom. The molecule has 2 heteroatoms. The summed E-state index contributed by atoms with van der Waals surface area (Å²) in [7, 11) is 1.74. The highest BCUT2D eigenvalue weighted by Crippen LogP contribution is 2.61. The fraction of sp³-hybridized carbons (Fsp3) is 0.647. The van der Waals surface area contributed by atoms with E-state index in [1.165, 1.54) is 43.4 Å². The van der Waals surface area contributed by atoms with E-state index in [0.29, 0.717) is 4.75 Å². The Morgan fingerprint density at radius 1 is 0.947 bits per heavy atom. The molecule has 0 N–H and O–H groups in total. The van der Waals surface area contributed by atoms with Crippen LogP contribution >= 0.6 is 11.8 Å². The SMILES string of the molecule is COc1ccc(SC23CC4CC(CC(C4)C2)C3)cc1. The molecule has 19 heavy (non-hydrogen) atoms. The molecule has 4 aliphatic rings. The van der Waals surface area contributed by atoms with Gasteiger partial charge in [0.25, 0.3) is 0 Å². The van der Waals surface area contributed by atoms with E-state index in [1.54, 1.807) is 7.11 Å². The Morgan fingerprint density at radius 3 is 1.95 bits per heavy atom. The highest BCUT2D eigenvalue weighted by molar-refractivity contribution is 8.00. The van der Waals surface area contributed by atoms with Gasteiger partial charge in [-0.25, -0.2) is 0 Å². The van der Waals surface area contributed by atoms with Crippen LogP contribution in [0.1, 0.15) is 38.5 Å². The first-order chi connectivity index (χ1) is 9.25. The van der Waals surface area contributed by atoms with E-state index >= 15 is 0 Å². The van der Waals surface area contributed by atoms with Crippen molar-refractivity contribution in [2.45, 2.75) is 48.2 Å². The Bertz CT molecular complexity index is 429. The summed E-state index contributed by atoms with van der Waals surface area (Å²) in [6.45, 7) is 0. The molecule has 0 aliphatic heterocycles. The quantitative estimate of drug-likeness (QED) is 0.786. The number of thioether (sulfide) groups is 1. The Hall–Kier alpha value is -0.630.